The van der Waals surface area contributed by atoms with Crippen molar-refractivity contribution in [3.8, 4) is 5.75 Å². The maximum Gasteiger partial charge on any atom is 0.250 e. The molecule has 0 atom stereocenters. The van der Waals surface area contributed by atoms with Gasteiger partial charge in [0, 0.05) is 25.9 Å². The molecule has 0 unspecified atom stereocenters. The van der Waals surface area contributed by atoms with Crippen LogP contribution in [0, 0.1) is 5.92 Å². The number of benzene rings is 1. The molecule has 1 fully saturated rings. The van der Waals surface area contributed by atoms with Gasteiger partial charge in [-0.25, -0.2) is 0 Å². The van der Waals surface area contributed by atoms with Gasteiger partial charge >= 0.3 is 0 Å². The standard InChI is InChI=1S/C20H26N2O2/c1-21-11-8-18(14-20(21)24)15-22-12-9-17(10-13-22)3-2-16-4-6-19(23)7-5-16/h4-8,11,14,17,23H,2-3,9-10,12-13,15H2,1H3. The Labute approximate surface area is 143 Å². The Kier molecular flexibility index (Phi) is 5.36. The third kappa shape index (κ3) is 4.48. The van der Waals surface area contributed by atoms with Gasteiger partial charge in [0.2, 0.25) is 0 Å². The van der Waals surface area contributed by atoms with Gasteiger partial charge in [0.05, 0.1) is 0 Å². The Bertz CT molecular complexity index is 713. The van der Waals surface area contributed by atoms with Crippen LogP contribution < -0.4 is 5.56 Å². The minimum Gasteiger partial charge on any atom is -0.508 e. The molecular formula is C20H26N2O2. The van der Waals surface area contributed by atoms with Crippen LogP contribution in [0.5, 0.6) is 5.75 Å². The molecule has 3 rings (SSSR count). The second-order valence-electron chi connectivity index (χ2n) is 6.91. The van der Waals surface area contributed by atoms with E-state index in [4.69, 9.17) is 0 Å². The average Bonchev–Trinajstić information content (AvgIpc) is 2.59. The number of likely N-dealkylation sites (tertiary alicyclic amines) is 1. The smallest absolute Gasteiger partial charge is 0.250 e. The zero-order valence-corrected chi connectivity index (χ0v) is 14.3. The van der Waals surface area contributed by atoms with E-state index in [0.717, 1.165) is 37.5 Å². The summed E-state index contributed by atoms with van der Waals surface area (Å²) in [7, 11) is 1.78. The quantitative estimate of drug-likeness (QED) is 0.919. The minimum atomic E-state index is 0.0660. The molecular weight excluding hydrogens is 300 g/mol. The first-order valence-corrected chi connectivity index (χ1v) is 8.76. The molecule has 4 heteroatoms. The number of hydrogen-bond donors (Lipinski definition) is 1. The van der Waals surface area contributed by atoms with E-state index in [1.165, 1.54) is 24.8 Å². The highest BCUT2D eigenvalue weighted by molar-refractivity contribution is 5.25. The SMILES string of the molecule is Cn1ccc(CN2CCC(CCc3ccc(O)cc3)CC2)cc1=O. The number of aromatic hydroxyl groups is 1. The summed E-state index contributed by atoms with van der Waals surface area (Å²) in [5.74, 6) is 1.11. The fourth-order valence-electron chi connectivity index (χ4n) is 3.41. The lowest BCUT2D eigenvalue weighted by Crippen LogP contribution is -2.33. The topological polar surface area (TPSA) is 45.5 Å². The summed E-state index contributed by atoms with van der Waals surface area (Å²) < 4.78 is 1.61. The Balaban J connectivity index is 1.44. The number of nitrogens with zero attached hydrogens (tertiary/aromatic N) is 2. The average molecular weight is 326 g/mol. The highest BCUT2D eigenvalue weighted by Gasteiger charge is 2.19. The molecule has 1 aliphatic rings. The predicted octanol–water partition coefficient (Wildman–Crippen LogP) is 2.94. The van der Waals surface area contributed by atoms with E-state index < -0.39 is 0 Å². The number of aromatic nitrogens is 1. The lowest BCUT2D eigenvalue weighted by Gasteiger charge is -2.32. The first kappa shape index (κ1) is 16.8. The van der Waals surface area contributed by atoms with Crippen LogP contribution in [0.1, 0.15) is 30.4 Å². The molecule has 0 radical (unpaired) electrons. The number of phenols is 1. The van der Waals surface area contributed by atoms with Crippen LogP contribution in [-0.4, -0.2) is 27.7 Å². The summed E-state index contributed by atoms with van der Waals surface area (Å²) in [6.07, 6.45) is 6.60. The molecule has 1 aromatic heterocycles. The third-order valence-corrected chi connectivity index (χ3v) is 5.06. The lowest BCUT2D eigenvalue weighted by atomic mass is 9.90. The van der Waals surface area contributed by atoms with Crippen molar-refractivity contribution in [2.24, 2.45) is 13.0 Å². The van der Waals surface area contributed by atoms with Crippen molar-refractivity contribution in [3.05, 3.63) is 64.1 Å². The van der Waals surface area contributed by atoms with E-state index in [1.54, 1.807) is 29.8 Å². The van der Waals surface area contributed by atoms with Gasteiger partial charge in [0.15, 0.2) is 0 Å². The molecule has 0 spiro atoms. The number of aryl methyl sites for hydroxylation is 2. The van der Waals surface area contributed by atoms with Crippen molar-refractivity contribution in [3.63, 3.8) is 0 Å². The summed E-state index contributed by atoms with van der Waals surface area (Å²) in [5, 5.41) is 9.33. The molecule has 24 heavy (non-hydrogen) atoms. The maximum absolute atomic E-state index is 11.7. The van der Waals surface area contributed by atoms with Crippen LogP contribution in [0.3, 0.4) is 0 Å². The largest absolute Gasteiger partial charge is 0.508 e. The number of rotatable bonds is 5. The van der Waals surface area contributed by atoms with E-state index >= 15 is 0 Å². The van der Waals surface area contributed by atoms with E-state index in [0.29, 0.717) is 5.75 Å². The Morgan fingerprint density at radius 2 is 1.79 bits per heavy atom. The molecule has 0 saturated carbocycles. The van der Waals surface area contributed by atoms with Crippen LogP contribution >= 0.6 is 0 Å². The molecule has 2 aromatic rings. The molecule has 1 saturated heterocycles. The van der Waals surface area contributed by atoms with Gasteiger partial charge < -0.3 is 9.67 Å². The Morgan fingerprint density at radius 1 is 1.08 bits per heavy atom. The van der Waals surface area contributed by atoms with Crippen LogP contribution in [0.15, 0.2) is 47.4 Å². The van der Waals surface area contributed by atoms with Gasteiger partial charge in [-0.1, -0.05) is 12.1 Å². The molecule has 1 aliphatic heterocycles. The summed E-state index contributed by atoms with van der Waals surface area (Å²) >= 11 is 0. The predicted molar refractivity (Wildman–Crippen MR) is 96.1 cm³/mol. The molecule has 128 valence electrons. The normalized spacial score (nSPS) is 16.4. The van der Waals surface area contributed by atoms with Crippen LogP contribution in [0.25, 0.3) is 0 Å². The Morgan fingerprint density at radius 3 is 2.46 bits per heavy atom. The van der Waals surface area contributed by atoms with E-state index in [2.05, 4.69) is 4.90 Å². The number of piperidine rings is 1. The fraction of sp³-hybridized carbons (Fsp3) is 0.450. The van der Waals surface area contributed by atoms with Gasteiger partial charge in [-0.05, 0) is 74.0 Å². The van der Waals surface area contributed by atoms with Crippen molar-refractivity contribution in [1.82, 2.24) is 9.47 Å². The summed E-state index contributed by atoms with van der Waals surface area (Å²) in [4.78, 5) is 14.2. The number of hydrogen-bond acceptors (Lipinski definition) is 3. The van der Waals surface area contributed by atoms with Crippen molar-refractivity contribution >= 4 is 0 Å². The third-order valence-electron chi connectivity index (χ3n) is 5.06. The van der Waals surface area contributed by atoms with Crippen molar-refractivity contribution < 1.29 is 5.11 Å². The second-order valence-corrected chi connectivity index (χ2v) is 6.91. The van der Waals surface area contributed by atoms with E-state index in [1.807, 2.05) is 24.4 Å². The van der Waals surface area contributed by atoms with Gasteiger partial charge in [0.1, 0.15) is 5.75 Å². The van der Waals surface area contributed by atoms with Gasteiger partial charge in [0.25, 0.3) is 5.56 Å². The van der Waals surface area contributed by atoms with Crippen LogP contribution in [-0.2, 0) is 20.0 Å². The van der Waals surface area contributed by atoms with Gasteiger partial charge in [-0.3, -0.25) is 9.69 Å². The zero-order chi connectivity index (χ0) is 16.9. The zero-order valence-electron chi connectivity index (χ0n) is 14.3. The molecule has 0 bridgehead atoms. The van der Waals surface area contributed by atoms with Gasteiger partial charge in [-0.15, -0.1) is 0 Å². The number of pyridine rings is 1. The highest BCUT2D eigenvalue weighted by atomic mass is 16.3. The summed E-state index contributed by atoms with van der Waals surface area (Å²) in [6, 6.07) is 11.3. The summed E-state index contributed by atoms with van der Waals surface area (Å²) in [5.41, 5.74) is 2.48. The minimum absolute atomic E-state index is 0.0660. The van der Waals surface area contributed by atoms with E-state index in [9.17, 15) is 9.90 Å². The first-order chi connectivity index (χ1) is 11.6. The molecule has 4 nitrogen and oxygen atoms in total. The summed E-state index contributed by atoms with van der Waals surface area (Å²) in [6.45, 7) is 3.09. The molecule has 0 aliphatic carbocycles. The first-order valence-electron chi connectivity index (χ1n) is 8.76. The lowest BCUT2D eigenvalue weighted by molar-refractivity contribution is 0.172. The van der Waals surface area contributed by atoms with Crippen LogP contribution in [0.4, 0.5) is 0 Å². The van der Waals surface area contributed by atoms with Gasteiger partial charge in [-0.2, -0.15) is 0 Å². The number of phenolic OH excluding ortho intramolecular Hbond substituents is 1. The van der Waals surface area contributed by atoms with Crippen molar-refractivity contribution in [1.29, 1.82) is 0 Å². The highest BCUT2D eigenvalue weighted by Crippen LogP contribution is 2.23. The fourth-order valence-corrected chi connectivity index (χ4v) is 3.41. The van der Waals surface area contributed by atoms with Crippen LogP contribution in [0.2, 0.25) is 0 Å². The monoisotopic (exact) mass is 326 g/mol. The molecule has 2 heterocycles. The van der Waals surface area contributed by atoms with Crippen molar-refractivity contribution in [2.45, 2.75) is 32.2 Å². The van der Waals surface area contributed by atoms with E-state index in [-0.39, 0.29) is 5.56 Å². The van der Waals surface area contributed by atoms with Crippen molar-refractivity contribution in [2.75, 3.05) is 13.1 Å². The maximum atomic E-state index is 11.7. The Hall–Kier alpha value is -2.07. The second kappa shape index (κ2) is 7.67. The molecule has 1 N–H and O–H groups in total. The molecule has 0 amide bonds. The molecule has 1 aromatic carbocycles.